The van der Waals surface area contributed by atoms with Crippen LogP contribution >= 0.6 is 15.9 Å². The van der Waals surface area contributed by atoms with Crippen molar-refractivity contribution in [2.45, 2.75) is 20.3 Å². The minimum absolute atomic E-state index is 0.170. The third-order valence-electron chi connectivity index (χ3n) is 4.62. The highest BCUT2D eigenvalue weighted by atomic mass is 79.9. The molecule has 1 aliphatic rings. The number of halogens is 1. The van der Waals surface area contributed by atoms with Crippen molar-refractivity contribution >= 4 is 33.9 Å². The van der Waals surface area contributed by atoms with Crippen LogP contribution in [-0.2, 0) is 20.7 Å². The normalized spacial score (nSPS) is 15.5. The number of amides is 1. The summed E-state index contributed by atoms with van der Waals surface area (Å²) in [6.45, 7) is 4.33. The molecule has 0 aromatic heterocycles. The number of carbonyl (C=O) groups excluding carboxylic acids is 2. The van der Waals surface area contributed by atoms with Gasteiger partial charge in [0, 0.05) is 16.7 Å². The number of rotatable bonds is 6. The van der Waals surface area contributed by atoms with Crippen molar-refractivity contribution in [2.24, 2.45) is 0 Å². The van der Waals surface area contributed by atoms with E-state index in [-0.39, 0.29) is 12.5 Å². The molecule has 1 aliphatic heterocycles. The van der Waals surface area contributed by atoms with Crippen LogP contribution in [0.5, 0.6) is 0 Å². The molecule has 1 amide bonds. The molecule has 0 saturated carbocycles. The Morgan fingerprint density at radius 3 is 2.57 bits per heavy atom. The van der Waals surface area contributed by atoms with Gasteiger partial charge in [0.2, 0.25) is 0 Å². The molecule has 4 nitrogen and oxygen atoms in total. The Hall–Kier alpha value is -2.66. The van der Waals surface area contributed by atoms with Crippen molar-refractivity contribution in [1.29, 1.82) is 0 Å². The third-order valence-corrected chi connectivity index (χ3v) is 5.11. The highest BCUT2D eigenvalue weighted by molar-refractivity contribution is 9.10. The van der Waals surface area contributed by atoms with E-state index in [0.717, 1.165) is 15.6 Å². The molecule has 0 spiro atoms. The number of hydrogen-bond acceptors (Lipinski definition) is 3. The fourth-order valence-corrected chi connectivity index (χ4v) is 3.66. The molecule has 144 valence electrons. The van der Waals surface area contributed by atoms with E-state index >= 15 is 0 Å². The standard InChI is InChI=1S/C23H22BrNO3/c1-3-28-23(27)21-16(2)25(13-12-17-8-5-4-6-9-17)22(26)20(21)15-18-10-7-11-19(24)14-18/h4-11,14-15H,3,12-13H2,1-2H3/b20-15-. The Bertz CT molecular complexity index is 947. The summed E-state index contributed by atoms with van der Waals surface area (Å²) < 4.78 is 6.13. The zero-order chi connectivity index (χ0) is 20.1. The van der Waals surface area contributed by atoms with Crippen LogP contribution in [0.15, 0.2) is 75.9 Å². The van der Waals surface area contributed by atoms with Crippen LogP contribution in [0.3, 0.4) is 0 Å². The lowest BCUT2D eigenvalue weighted by Gasteiger charge is -2.17. The molecule has 0 saturated heterocycles. The molecule has 28 heavy (non-hydrogen) atoms. The Labute approximate surface area is 173 Å². The predicted molar refractivity (Wildman–Crippen MR) is 113 cm³/mol. The fraction of sp³-hybridized carbons (Fsp3) is 0.217. The van der Waals surface area contributed by atoms with Crippen molar-refractivity contribution in [3.63, 3.8) is 0 Å². The molecule has 0 atom stereocenters. The maximum Gasteiger partial charge on any atom is 0.340 e. The van der Waals surface area contributed by atoms with E-state index in [0.29, 0.717) is 29.8 Å². The van der Waals surface area contributed by atoms with E-state index in [1.165, 1.54) is 0 Å². The fourth-order valence-electron chi connectivity index (χ4n) is 3.25. The summed E-state index contributed by atoms with van der Waals surface area (Å²) in [4.78, 5) is 27.4. The smallest absolute Gasteiger partial charge is 0.340 e. The van der Waals surface area contributed by atoms with Gasteiger partial charge in [0.1, 0.15) is 0 Å². The number of hydrogen-bond donors (Lipinski definition) is 0. The lowest BCUT2D eigenvalue weighted by atomic mass is 10.0. The van der Waals surface area contributed by atoms with Gasteiger partial charge in [-0.2, -0.15) is 0 Å². The molecule has 1 heterocycles. The van der Waals surface area contributed by atoms with Crippen LogP contribution in [0, 0.1) is 0 Å². The first-order chi connectivity index (χ1) is 13.5. The van der Waals surface area contributed by atoms with Gasteiger partial charge in [0.05, 0.1) is 17.8 Å². The zero-order valence-electron chi connectivity index (χ0n) is 15.9. The zero-order valence-corrected chi connectivity index (χ0v) is 17.5. The van der Waals surface area contributed by atoms with E-state index in [1.807, 2.05) is 54.6 Å². The Kier molecular flexibility index (Phi) is 6.47. The molecular formula is C23H22BrNO3. The minimum atomic E-state index is -0.461. The number of carbonyl (C=O) groups is 2. The van der Waals surface area contributed by atoms with Crippen LogP contribution in [0.25, 0.3) is 6.08 Å². The van der Waals surface area contributed by atoms with Gasteiger partial charge in [-0.05, 0) is 49.6 Å². The lowest BCUT2D eigenvalue weighted by molar-refractivity contribution is -0.138. The summed E-state index contributed by atoms with van der Waals surface area (Å²) in [5.41, 5.74) is 3.35. The van der Waals surface area contributed by atoms with Gasteiger partial charge in [-0.3, -0.25) is 4.79 Å². The van der Waals surface area contributed by atoms with Crippen LogP contribution in [-0.4, -0.2) is 29.9 Å². The summed E-state index contributed by atoms with van der Waals surface area (Å²) >= 11 is 3.44. The third kappa shape index (κ3) is 4.42. The van der Waals surface area contributed by atoms with E-state index < -0.39 is 5.97 Å². The second-order valence-corrected chi connectivity index (χ2v) is 7.40. The van der Waals surface area contributed by atoms with Gasteiger partial charge >= 0.3 is 5.97 Å². The van der Waals surface area contributed by atoms with E-state index in [2.05, 4.69) is 15.9 Å². The first-order valence-electron chi connectivity index (χ1n) is 9.22. The summed E-state index contributed by atoms with van der Waals surface area (Å²) in [7, 11) is 0. The van der Waals surface area contributed by atoms with Gasteiger partial charge in [0.15, 0.2) is 0 Å². The molecule has 0 aliphatic carbocycles. The summed E-state index contributed by atoms with van der Waals surface area (Å²) in [5, 5.41) is 0. The maximum absolute atomic E-state index is 13.1. The molecule has 5 heteroatoms. The van der Waals surface area contributed by atoms with Gasteiger partial charge in [-0.1, -0.05) is 58.4 Å². The van der Waals surface area contributed by atoms with Crippen molar-refractivity contribution in [3.05, 3.63) is 87.0 Å². The summed E-state index contributed by atoms with van der Waals surface area (Å²) in [5.74, 6) is -0.631. The number of esters is 1. The van der Waals surface area contributed by atoms with E-state index in [4.69, 9.17) is 4.74 Å². The quantitative estimate of drug-likeness (QED) is 0.481. The van der Waals surface area contributed by atoms with Crippen molar-refractivity contribution in [3.8, 4) is 0 Å². The van der Waals surface area contributed by atoms with Crippen molar-refractivity contribution in [1.82, 2.24) is 4.90 Å². The van der Waals surface area contributed by atoms with Gasteiger partial charge in [-0.15, -0.1) is 0 Å². The van der Waals surface area contributed by atoms with Gasteiger partial charge in [0.25, 0.3) is 5.91 Å². The van der Waals surface area contributed by atoms with Crippen molar-refractivity contribution in [2.75, 3.05) is 13.2 Å². The molecule has 0 bridgehead atoms. The Morgan fingerprint density at radius 2 is 1.89 bits per heavy atom. The Balaban J connectivity index is 1.94. The molecular weight excluding hydrogens is 418 g/mol. The van der Waals surface area contributed by atoms with Crippen LogP contribution in [0.1, 0.15) is 25.0 Å². The predicted octanol–water partition coefficient (Wildman–Crippen LogP) is 4.75. The molecule has 3 rings (SSSR count). The molecule has 0 unspecified atom stereocenters. The molecule has 2 aromatic carbocycles. The number of ether oxygens (including phenoxy) is 1. The molecule has 0 radical (unpaired) electrons. The van der Waals surface area contributed by atoms with E-state index in [9.17, 15) is 9.59 Å². The minimum Gasteiger partial charge on any atom is -0.462 e. The average molecular weight is 440 g/mol. The maximum atomic E-state index is 13.1. The number of benzene rings is 2. The summed E-state index contributed by atoms with van der Waals surface area (Å²) in [6, 6.07) is 17.6. The lowest BCUT2D eigenvalue weighted by Crippen LogP contribution is -2.27. The highest BCUT2D eigenvalue weighted by Crippen LogP contribution is 2.32. The average Bonchev–Trinajstić information content (AvgIpc) is 2.91. The SMILES string of the molecule is CCOC(=O)C1=C(C)N(CCc2ccccc2)C(=O)/C1=C\c1cccc(Br)c1. The second-order valence-electron chi connectivity index (χ2n) is 6.49. The number of nitrogens with zero attached hydrogens (tertiary/aromatic N) is 1. The largest absolute Gasteiger partial charge is 0.462 e. The van der Waals surface area contributed by atoms with Crippen LogP contribution < -0.4 is 0 Å². The number of allylic oxidation sites excluding steroid dienone is 1. The monoisotopic (exact) mass is 439 g/mol. The molecule has 0 N–H and O–H groups in total. The van der Waals surface area contributed by atoms with Gasteiger partial charge < -0.3 is 9.64 Å². The molecule has 2 aromatic rings. The highest BCUT2D eigenvalue weighted by Gasteiger charge is 2.36. The van der Waals surface area contributed by atoms with E-state index in [1.54, 1.807) is 24.8 Å². The molecule has 0 fully saturated rings. The summed E-state index contributed by atoms with van der Waals surface area (Å²) in [6.07, 6.45) is 2.47. The first kappa shape index (κ1) is 20.1. The first-order valence-corrected chi connectivity index (χ1v) is 10.0. The van der Waals surface area contributed by atoms with Crippen LogP contribution in [0.2, 0.25) is 0 Å². The topological polar surface area (TPSA) is 46.6 Å². The van der Waals surface area contributed by atoms with Crippen LogP contribution in [0.4, 0.5) is 0 Å². The second kappa shape index (κ2) is 9.02. The van der Waals surface area contributed by atoms with Gasteiger partial charge in [-0.25, -0.2) is 4.79 Å². The van der Waals surface area contributed by atoms with Crippen molar-refractivity contribution < 1.29 is 14.3 Å². The Morgan fingerprint density at radius 1 is 1.14 bits per heavy atom.